The fourth-order valence-corrected chi connectivity index (χ4v) is 1.000. The summed E-state index contributed by atoms with van der Waals surface area (Å²) >= 11 is 0. The van der Waals surface area contributed by atoms with E-state index in [-0.39, 0.29) is 11.3 Å². The number of rotatable bonds is 4. The van der Waals surface area contributed by atoms with Crippen molar-refractivity contribution < 1.29 is 22.5 Å². The fourth-order valence-electron chi connectivity index (χ4n) is 0.333. The fraction of sp³-hybridized carbons (Fsp3) is 0.700. The minimum atomic E-state index is -3.17. The summed E-state index contributed by atoms with van der Waals surface area (Å²) in [6.07, 6.45) is 0.607. The first kappa shape index (κ1) is 21.4. The molecule has 6 nitrogen and oxygen atoms in total. The van der Waals surface area contributed by atoms with Crippen LogP contribution in [-0.4, -0.2) is 38.9 Å². The number of nitrogens with two attached hydrogens (primary N) is 1. The second kappa shape index (κ2) is 13.1. The van der Waals surface area contributed by atoms with Crippen LogP contribution in [0.15, 0.2) is 12.2 Å². The topological polar surface area (TPSA) is 107 Å². The van der Waals surface area contributed by atoms with E-state index in [0.29, 0.717) is 6.42 Å². The molecule has 0 spiro atoms. The number of carboxylic acids is 1. The summed E-state index contributed by atoms with van der Waals surface area (Å²) in [4.78, 5) is 9.60. The highest BCUT2D eigenvalue weighted by Crippen LogP contribution is 1.91. The Morgan fingerprint density at radius 2 is 1.71 bits per heavy atom. The number of carboxylic acid groups (broad SMARTS) is 1. The molecule has 0 atom stereocenters. The third kappa shape index (κ3) is 25.4. The quantitative estimate of drug-likeness (QED) is 0.582. The minimum Gasteiger partial charge on any atom is -0.478 e. The van der Waals surface area contributed by atoms with E-state index in [1.165, 1.54) is 14.0 Å². The summed E-state index contributed by atoms with van der Waals surface area (Å²) in [6, 6.07) is 0. The maximum Gasteiger partial charge on any atom is 0.330 e. The molecule has 104 valence electrons. The average molecular weight is 269 g/mol. The van der Waals surface area contributed by atoms with Crippen LogP contribution in [0.5, 0.6) is 0 Å². The molecular weight excluding hydrogens is 246 g/mol. The molecule has 0 aromatic carbocycles. The number of hydrogen-bond donors (Lipinski definition) is 2. The van der Waals surface area contributed by atoms with Gasteiger partial charge >= 0.3 is 5.97 Å². The van der Waals surface area contributed by atoms with E-state index in [2.05, 4.69) is 10.8 Å². The largest absolute Gasteiger partial charge is 0.478 e. The lowest BCUT2D eigenvalue weighted by atomic mass is 10.4. The SMILES string of the molecule is C=C(C)C(=O)O.CCCS(=O)(=O)OC.CCN. The molecule has 0 rings (SSSR count). The molecule has 17 heavy (non-hydrogen) atoms. The Labute approximate surface area is 104 Å². The standard InChI is InChI=1S/C4H10O3S.C4H6O2.C2H7N/c1-3-4-8(5,6)7-2;1-3(2)4(5)6;1-2-3/h3-4H2,1-2H3;1H2,2H3,(H,5,6);2-3H2,1H3. The number of hydrogen-bond acceptors (Lipinski definition) is 5. The number of carbonyl (C=O) groups is 1. The van der Waals surface area contributed by atoms with Crippen LogP contribution < -0.4 is 5.73 Å². The Kier molecular flexibility index (Phi) is 16.5. The van der Waals surface area contributed by atoms with Crippen LogP contribution in [0.2, 0.25) is 0 Å². The van der Waals surface area contributed by atoms with Gasteiger partial charge in [0.15, 0.2) is 0 Å². The molecule has 0 aliphatic rings. The van der Waals surface area contributed by atoms with Gasteiger partial charge in [0, 0.05) is 5.57 Å². The van der Waals surface area contributed by atoms with Crippen LogP contribution in [0.25, 0.3) is 0 Å². The van der Waals surface area contributed by atoms with E-state index in [0.717, 1.165) is 6.54 Å². The van der Waals surface area contributed by atoms with Crippen molar-refractivity contribution in [3.63, 3.8) is 0 Å². The molecule has 0 radical (unpaired) electrons. The van der Waals surface area contributed by atoms with Crippen LogP contribution >= 0.6 is 0 Å². The zero-order valence-corrected chi connectivity index (χ0v) is 11.7. The van der Waals surface area contributed by atoms with Crippen molar-refractivity contribution in [3.8, 4) is 0 Å². The summed E-state index contributed by atoms with van der Waals surface area (Å²) in [5.41, 5.74) is 5.02. The molecule has 0 aromatic rings. The smallest absolute Gasteiger partial charge is 0.330 e. The first-order valence-electron chi connectivity index (χ1n) is 5.05. The molecule has 0 saturated heterocycles. The molecule has 0 heterocycles. The van der Waals surface area contributed by atoms with Gasteiger partial charge in [0.05, 0.1) is 12.9 Å². The monoisotopic (exact) mass is 269 g/mol. The Morgan fingerprint density at radius 3 is 1.76 bits per heavy atom. The minimum absolute atomic E-state index is 0.115. The molecule has 3 N–H and O–H groups in total. The Balaban J connectivity index is -0.000000193. The molecule has 0 unspecified atom stereocenters. The highest BCUT2D eigenvalue weighted by Gasteiger charge is 2.03. The van der Waals surface area contributed by atoms with Gasteiger partial charge in [-0.3, -0.25) is 4.18 Å². The van der Waals surface area contributed by atoms with E-state index in [1.54, 1.807) is 6.92 Å². The predicted octanol–water partition coefficient (Wildman–Crippen LogP) is 0.985. The van der Waals surface area contributed by atoms with Crippen molar-refractivity contribution in [1.29, 1.82) is 0 Å². The van der Waals surface area contributed by atoms with E-state index in [9.17, 15) is 13.2 Å². The van der Waals surface area contributed by atoms with Crippen molar-refractivity contribution in [1.82, 2.24) is 0 Å². The zero-order valence-electron chi connectivity index (χ0n) is 10.9. The second-order valence-electron chi connectivity index (χ2n) is 2.92. The first-order chi connectivity index (χ1) is 7.68. The Bertz CT molecular complexity index is 286. The highest BCUT2D eigenvalue weighted by atomic mass is 32.2. The second-order valence-corrected chi connectivity index (χ2v) is 4.78. The van der Waals surface area contributed by atoms with E-state index >= 15 is 0 Å². The first-order valence-corrected chi connectivity index (χ1v) is 6.63. The molecule has 7 heteroatoms. The molecule has 0 aromatic heterocycles. The van der Waals surface area contributed by atoms with Crippen LogP contribution in [0.4, 0.5) is 0 Å². The van der Waals surface area contributed by atoms with Crippen LogP contribution in [0.1, 0.15) is 27.2 Å². The van der Waals surface area contributed by atoms with Gasteiger partial charge in [0.1, 0.15) is 0 Å². The molecule has 0 aliphatic carbocycles. The maximum absolute atomic E-state index is 10.4. The summed E-state index contributed by atoms with van der Waals surface area (Å²) in [5, 5.41) is 7.89. The maximum atomic E-state index is 10.4. The van der Waals surface area contributed by atoms with Crippen molar-refractivity contribution in [3.05, 3.63) is 12.2 Å². The molecule has 0 bridgehead atoms. The van der Waals surface area contributed by atoms with Gasteiger partial charge in [-0.15, -0.1) is 0 Å². The summed E-state index contributed by atoms with van der Waals surface area (Å²) in [7, 11) is -2.00. The Hall–Kier alpha value is -0.920. The molecule has 0 fully saturated rings. The van der Waals surface area contributed by atoms with Gasteiger partial charge in [-0.05, 0) is 19.9 Å². The van der Waals surface area contributed by atoms with Crippen LogP contribution in [0, 0.1) is 0 Å². The zero-order chi connectivity index (χ0) is 14.5. The van der Waals surface area contributed by atoms with Gasteiger partial charge in [0.25, 0.3) is 10.1 Å². The van der Waals surface area contributed by atoms with E-state index in [1.807, 2.05) is 6.92 Å². The highest BCUT2D eigenvalue weighted by molar-refractivity contribution is 7.86. The van der Waals surface area contributed by atoms with Gasteiger partial charge in [-0.1, -0.05) is 20.4 Å². The third-order valence-electron chi connectivity index (χ3n) is 1.07. The third-order valence-corrected chi connectivity index (χ3v) is 2.49. The molecule has 0 amide bonds. The molecule has 0 aliphatic heterocycles. The molecule has 0 saturated carbocycles. The van der Waals surface area contributed by atoms with Crippen molar-refractivity contribution >= 4 is 16.1 Å². The summed E-state index contributed by atoms with van der Waals surface area (Å²) < 4.78 is 24.9. The molecular formula is C10H23NO5S. The number of aliphatic carboxylic acids is 1. The normalized spacial score (nSPS) is 9.24. The van der Waals surface area contributed by atoms with Crippen molar-refractivity contribution in [2.45, 2.75) is 27.2 Å². The van der Waals surface area contributed by atoms with Crippen LogP contribution in [-0.2, 0) is 19.1 Å². The lowest BCUT2D eigenvalue weighted by Gasteiger charge is -1.94. The van der Waals surface area contributed by atoms with Gasteiger partial charge in [-0.25, -0.2) is 4.79 Å². The van der Waals surface area contributed by atoms with Crippen molar-refractivity contribution in [2.24, 2.45) is 5.73 Å². The lowest BCUT2D eigenvalue weighted by Crippen LogP contribution is -2.05. The van der Waals surface area contributed by atoms with Gasteiger partial charge in [0.2, 0.25) is 0 Å². The van der Waals surface area contributed by atoms with Crippen molar-refractivity contribution in [2.75, 3.05) is 19.4 Å². The average Bonchev–Trinajstić information content (AvgIpc) is 2.19. The Morgan fingerprint density at radius 1 is 1.41 bits per heavy atom. The lowest BCUT2D eigenvalue weighted by molar-refractivity contribution is -0.132. The van der Waals surface area contributed by atoms with Gasteiger partial charge in [-0.2, -0.15) is 8.42 Å². The van der Waals surface area contributed by atoms with Gasteiger partial charge < -0.3 is 10.8 Å². The van der Waals surface area contributed by atoms with E-state index in [4.69, 9.17) is 10.8 Å². The van der Waals surface area contributed by atoms with E-state index < -0.39 is 16.1 Å². The summed E-state index contributed by atoms with van der Waals surface area (Å²) in [6.45, 7) is 9.04. The van der Waals surface area contributed by atoms with Crippen LogP contribution in [0.3, 0.4) is 0 Å². The predicted molar refractivity (Wildman–Crippen MR) is 68.3 cm³/mol. The summed E-state index contributed by atoms with van der Waals surface area (Å²) in [5.74, 6) is -0.821.